The van der Waals surface area contributed by atoms with Gasteiger partial charge < -0.3 is 9.79 Å². The number of carbonyl (C=O) groups excluding carboxylic acids is 1. The van der Waals surface area contributed by atoms with Crippen LogP contribution in [-0.2, 0) is 9.36 Å². The Labute approximate surface area is 74.7 Å². The van der Waals surface area contributed by atoms with Crippen molar-refractivity contribution in [1.29, 1.82) is 0 Å². The van der Waals surface area contributed by atoms with Crippen molar-refractivity contribution in [1.82, 2.24) is 0 Å². The molecule has 2 N–H and O–H groups in total. The Bertz CT molecular complexity index is 386. The molecule has 0 saturated carbocycles. The quantitative estimate of drug-likeness (QED) is 0.549. The van der Waals surface area contributed by atoms with Gasteiger partial charge in [0.25, 0.3) is 0 Å². The van der Waals surface area contributed by atoms with E-state index in [-0.39, 0.29) is 5.56 Å². The molecule has 1 rings (SSSR count). The third kappa shape index (κ3) is 2.38. The zero-order valence-corrected chi connectivity index (χ0v) is 7.44. The molecule has 0 aromatic heterocycles. The number of hydrogen-bond acceptors (Lipinski definition) is 2. The fourth-order valence-corrected chi connectivity index (χ4v) is 1.49. The summed E-state index contributed by atoms with van der Waals surface area (Å²) in [7, 11) is -4.50. The predicted octanol–water partition coefficient (Wildman–Crippen LogP) is 1.04. The Kier molecular flexibility index (Phi) is 2.81. The van der Waals surface area contributed by atoms with Crippen LogP contribution in [0.3, 0.4) is 0 Å². The minimum atomic E-state index is -4.50. The van der Waals surface area contributed by atoms with E-state index in [1.165, 1.54) is 18.1 Å². The smallest absolute Gasteiger partial charge is 0.321 e. The lowest BCUT2D eigenvalue weighted by Gasteiger charge is -2.04. The van der Waals surface area contributed by atoms with Crippen LogP contribution in [0.15, 0.2) is 30.3 Å². The van der Waals surface area contributed by atoms with Crippen LogP contribution in [0.2, 0.25) is 0 Å². The molecule has 0 saturated heterocycles. The molecule has 13 heavy (non-hydrogen) atoms. The molecule has 1 aromatic carbocycles. The Morgan fingerprint density at radius 3 is 2.15 bits per heavy atom. The summed E-state index contributed by atoms with van der Waals surface area (Å²) in [6.07, 6.45) is 0. The van der Waals surface area contributed by atoms with Gasteiger partial charge in [0.05, 0.1) is 0 Å². The summed E-state index contributed by atoms with van der Waals surface area (Å²) in [4.78, 5) is 27.8. The Morgan fingerprint density at radius 2 is 1.77 bits per heavy atom. The van der Waals surface area contributed by atoms with E-state index >= 15 is 0 Å². The minimum absolute atomic E-state index is 0.200. The van der Waals surface area contributed by atoms with E-state index in [2.05, 4.69) is 0 Å². The highest BCUT2D eigenvalue weighted by Crippen LogP contribution is 2.48. The third-order valence-corrected chi connectivity index (χ3v) is 2.37. The highest BCUT2D eigenvalue weighted by molar-refractivity contribution is 7.63. The first-order valence-electron chi connectivity index (χ1n) is 3.42. The van der Waals surface area contributed by atoms with Gasteiger partial charge in [0, 0.05) is 5.56 Å². The largest absolute Gasteiger partial charge is 0.367 e. The molecule has 0 bridgehead atoms. The molecule has 0 fully saturated rings. The topological polar surface area (TPSA) is 74.6 Å². The number of hydrogen-bond donors (Lipinski definition) is 2. The van der Waals surface area contributed by atoms with Crippen LogP contribution in [0.1, 0.15) is 5.56 Å². The van der Waals surface area contributed by atoms with Crippen molar-refractivity contribution in [3.05, 3.63) is 35.9 Å². The van der Waals surface area contributed by atoms with Crippen LogP contribution >= 0.6 is 7.60 Å². The van der Waals surface area contributed by atoms with E-state index in [1.54, 1.807) is 18.2 Å². The van der Waals surface area contributed by atoms with Crippen LogP contribution in [0.4, 0.5) is 0 Å². The summed E-state index contributed by atoms with van der Waals surface area (Å²) < 4.78 is 10.8. The van der Waals surface area contributed by atoms with E-state index in [9.17, 15) is 9.36 Å². The van der Waals surface area contributed by atoms with Gasteiger partial charge in [-0.15, -0.1) is 0 Å². The van der Waals surface area contributed by atoms with Crippen LogP contribution in [0, 0.1) is 0 Å². The van der Waals surface area contributed by atoms with E-state index in [4.69, 9.17) is 9.79 Å². The molecule has 68 valence electrons. The molecule has 0 aliphatic heterocycles. The fourth-order valence-electron chi connectivity index (χ4n) is 0.883. The summed E-state index contributed by atoms with van der Waals surface area (Å²) in [5.74, 6) is 1.26. The zero-order valence-electron chi connectivity index (χ0n) is 6.54. The summed E-state index contributed by atoms with van der Waals surface area (Å²) in [6.45, 7) is 0. The van der Waals surface area contributed by atoms with E-state index in [0.29, 0.717) is 0 Å². The van der Waals surface area contributed by atoms with Crippen LogP contribution in [0.25, 0.3) is 5.31 Å². The monoisotopic (exact) mass is 198 g/mol. The van der Waals surface area contributed by atoms with Gasteiger partial charge in [-0.2, -0.15) is 0 Å². The maximum absolute atomic E-state index is 10.8. The van der Waals surface area contributed by atoms with Gasteiger partial charge in [-0.25, -0.2) is 4.79 Å². The second-order valence-electron chi connectivity index (χ2n) is 2.36. The average molecular weight is 198 g/mol. The van der Waals surface area contributed by atoms with E-state index < -0.39 is 12.9 Å². The maximum Gasteiger partial charge on any atom is 0.367 e. The van der Waals surface area contributed by atoms with Gasteiger partial charge in [-0.3, -0.25) is 4.57 Å². The summed E-state index contributed by atoms with van der Waals surface area (Å²) >= 11 is 0. The van der Waals surface area contributed by atoms with Crippen molar-refractivity contribution < 1.29 is 19.1 Å². The second-order valence-corrected chi connectivity index (χ2v) is 3.90. The molecular weight excluding hydrogens is 191 g/mol. The highest BCUT2D eigenvalue weighted by atomic mass is 31.2. The molecule has 0 spiro atoms. The Morgan fingerprint density at radius 1 is 1.23 bits per heavy atom. The molecule has 5 heteroatoms. The molecule has 0 radical (unpaired) electrons. The number of rotatable bonds is 2. The van der Waals surface area contributed by atoms with Crippen molar-refractivity contribution >= 4 is 18.9 Å². The van der Waals surface area contributed by atoms with Gasteiger partial charge in [-0.1, -0.05) is 30.3 Å². The minimum Gasteiger partial charge on any atom is -0.321 e. The Balaban J connectivity index is 3.23. The molecule has 0 amide bonds. The van der Waals surface area contributed by atoms with Crippen molar-refractivity contribution in [3.63, 3.8) is 0 Å². The zero-order chi connectivity index (χ0) is 9.90. The fraction of sp³-hybridized carbons (Fsp3) is 0. The van der Waals surface area contributed by atoms with Crippen LogP contribution < -0.4 is 0 Å². The molecule has 0 aliphatic rings. The van der Waals surface area contributed by atoms with Gasteiger partial charge in [-0.05, 0) is 0 Å². The molecular formula is C8H7O4P. The predicted molar refractivity (Wildman–Crippen MR) is 47.6 cm³/mol. The molecule has 0 atom stereocenters. The SMILES string of the molecule is O=C=C(c1ccccc1)P(=O)(O)O. The highest BCUT2D eigenvalue weighted by Gasteiger charge is 2.23. The van der Waals surface area contributed by atoms with E-state index in [0.717, 1.165) is 0 Å². The Hall–Kier alpha value is -1.18. The summed E-state index contributed by atoms with van der Waals surface area (Å²) in [5.41, 5.74) is 0.200. The number of benzene rings is 1. The van der Waals surface area contributed by atoms with Crippen molar-refractivity contribution in [3.8, 4) is 0 Å². The van der Waals surface area contributed by atoms with Gasteiger partial charge in [0.15, 0.2) is 5.31 Å². The van der Waals surface area contributed by atoms with Crippen molar-refractivity contribution in [2.45, 2.75) is 0 Å². The van der Waals surface area contributed by atoms with Crippen LogP contribution in [-0.4, -0.2) is 15.7 Å². The van der Waals surface area contributed by atoms with Crippen molar-refractivity contribution in [2.24, 2.45) is 0 Å². The van der Waals surface area contributed by atoms with Crippen LogP contribution in [0.5, 0.6) is 0 Å². The standard InChI is InChI=1S/C8H7O4P/c9-6-8(13(10,11)12)7-4-2-1-3-5-7/h1-5H,(H2,10,11,12). The first-order valence-corrected chi connectivity index (χ1v) is 5.03. The van der Waals surface area contributed by atoms with Crippen molar-refractivity contribution in [2.75, 3.05) is 0 Å². The molecule has 4 nitrogen and oxygen atoms in total. The van der Waals surface area contributed by atoms with Gasteiger partial charge in [0.2, 0.25) is 0 Å². The lowest BCUT2D eigenvalue weighted by atomic mass is 10.2. The van der Waals surface area contributed by atoms with Gasteiger partial charge in [0.1, 0.15) is 5.94 Å². The first-order chi connectivity index (χ1) is 6.05. The first kappa shape index (κ1) is 9.90. The molecule has 0 heterocycles. The molecule has 1 aromatic rings. The summed E-state index contributed by atoms with van der Waals surface area (Å²) in [6, 6.07) is 7.74. The molecule has 0 aliphatic carbocycles. The normalized spacial score (nSPS) is 10.6. The average Bonchev–Trinajstić information content (AvgIpc) is 2.05. The van der Waals surface area contributed by atoms with E-state index in [1.807, 2.05) is 0 Å². The lowest BCUT2D eigenvalue weighted by Crippen LogP contribution is -1.86. The maximum atomic E-state index is 10.8. The third-order valence-electron chi connectivity index (χ3n) is 1.44. The second kappa shape index (κ2) is 3.69. The molecule has 0 unspecified atom stereocenters. The van der Waals surface area contributed by atoms with Gasteiger partial charge >= 0.3 is 7.60 Å². The lowest BCUT2D eigenvalue weighted by molar-refractivity contribution is 0.388. The summed E-state index contributed by atoms with van der Waals surface area (Å²) in [5, 5.41) is -0.604.